The Labute approximate surface area is 132 Å². The lowest BCUT2D eigenvalue weighted by atomic mass is 10.2. The van der Waals surface area contributed by atoms with Crippen LogP contribution in [0, 0.1) is 23.3 Å². The van der Waals surface area contributed by atoms with Crippen molar-refractivity contribution in [3.8, 4) is 11.5 Å². The zero-order valence-electron chi connectivity index (χ0n) is 12.2. The summed E-state index contributed by atoms with van der Waals surface area (Å²) in [7, 11) is 1.55. The largest absolute Gasteiger partial charge is 0.508 e. The zero-order valence-corrected chi connectivity index (χ0v) is 13.3. The number of hydrogen-bond donors (Lipinski definition) is 1. The van der Waals surface area contributed by atoms with Gasteiger partial charge >= 0.3 is 5.97 Å². The van der Waals surface area contributed by atoms with Crippen LogP contribution in [0.25, 0.3) is 0 Å². The third kappa shape index (κ3) is 3.99. The molecule has 0 aliphatic heterocycles. The molecule has 124 valence electrons. The highest BCUT2D eigenvalue weighted by Crippen LogP contribution is 2.27. The van der Waals surface area contributed by atoms with Gasteiger partial charge in [-0.25, -0.2) is 18.0 Å². The molecule has 0 amide bonds. The first-order valence-electron chi connectivity index (χ1n) is 6.45. The molecule has 0 aliphatic carbocycles. The van der Waals surface area contributed by atoms with E-state index in [1.54, 1.807) is 9.24 Å². The van der Waals surface area contributed by atoms with Crippen molar-refractivity contribution >= 4 is 20.5 Å². The van der Waals surface area contributed by atoms with Gasteiger partial charge in [0, 0.05) is 5.30 Å². The van der Waals surface area contributed by atoms with E-state index in [4.69, 9.17) is 5.11 Å². The number of hydrogen-bond acceptors (Lipinski definition) is 3. The summed E-state index contributed by atoms with van der Waals surface area (Å²) in [5.74, 6) is -9.81. The maximum Gasteiger partial charge on any atom is 0.343 e. The summed E-state index contributed by atoms with van der Waals surface area (Å²) in [6.07, 6.45) is 0. The van der Waals surface area contributed by atoms with Gasteiger partial charge in [-0.2, -0.15) is 4.39 Å². The van der Waals surface area contributed by atoms with E-state index in [0.29, 0.717) is 0 Å². The molecule has 0 spiro atoms. The van der Waals surface area contributed by atoms with Gasteiger partial charge in [-0.3, -0.25) is 0 Å². The van der Waals surface area contributed by atoms with Crippen LogP contribution < -0.4 is 10.0 Å². The Balaban J connectivity index is 0.00000127. The van der Waals surface area contributed by atoms with Crippen LogP contribution in [0.1, 0.15) is 24.2 Å². The number of carbonyl (C=O) groups excluding carboxylic acids is 1. The maximum absolute atomic E-state index is 13.7. The molecular weight excluding hydrogens is 335 g/mol. The van der Waals surface area contributed by atoms with Gasteiger partial charge in [-0.05, 0) is 24.3 Å². The molecule has 2 rings (SSSR count). The number of ether oxygens (including phenoxy) is 1. The summed E-state index contributed by atoms with van der Waals surface area (Å²) in [5, 5.41) is 8.17. The molecule has 0 saturated heterocycles. The fourth-order valence-electron chi connectivity index (χ4n) is 1.47. The van der Waals surface area contributed by atoms with Crippen LogP contribution in [0.3, 0.4) is 0 Å². The SMILES string of the molecule is CC.O=C(Oc1c(F)c(F)c(F)c(P)c1F)c1ccc(O)cc1. The predicted molar refractivity (Wildman–Crippen MR) is 80.0 cm³/mol. The molecule has 0 aliphatic rings. The molecule has 0 radical (unpaired) electrons. The van der Waals surface area contributed by atoms with Crippen LogP contribution in [0.5, 0.6) is 11.5 Å². The fraction of sp³-hybridized carbons (Fsp3) is 0.133. The van der Waals surface area contributed by atoms with Crippen LogP contribution in [0.15, 0.2) is 24.3 Å². The Morgan fingerprint density at radius 2 is 1.48 bits per heavy atom. The Morgan fingerprint density at radius 3 is 2.00 bits per heavy atom. The number of carbonyl (C=O) groups is 1. The molecule has 0 saturated carbocycles. The van der Waals surface area contributed by atoms with E-state index in [0.717, 1.165) is 24.3 Å². The second-order valence-electron chi connectivity index (χ2n) is 3.94. The van der Waals surface area contributed by atoms with Gasteiger partial charge in [-0.15, -0.1) is 0 Å². The van der Waals surface area contributed by atoms with Crippen LogP contribution in [0.2, 0.25) is 0 Å². The highest BCUT2D eigenvalue weighted by molar-refractivity contribution is 7.27. The summed E-state index contributed by atoms with van der Waals surface area (Å²) in [5.41, 5.74) is -0.137. The molecule has 2 aromatic carbocycles. The Bertz CT molecular complexity index is 689. The lowest BCUT2D eigenvalue weighted by molar-refractivity contribution is 0.0718. The van der Waals surface area contributed by atoms with Crippen LogP contribution >= 0.6 is 9.24 Å². The molecule has 23 heavy (non-hydrogen) atoms. The van der Waals surface area contributed by atoms with Crippen LogP contribution in [0.4, 0.5) is 17.6 Å². The standard InChI is InChI=1S/C13H7F4O3P.C2H6/c14-7-8(15)11(10(17)12(21)9(7)16)20-13(19)5-1-3-6(18)4-2-5;1-2/h1-4,18H,21H2;1-2H3. The van der Waals surface area contributed by atoms with Crippen LogP contribution in [-0.4, -0.2) is 11.1 Å². The molecule has 1 atom stereocenters. The molecule has 0 heterocycles. The monoisotopic (exact) mass is 348 g/mol. The molecule has 1 unspecified atom stereocenters. The van der Waals surface area contributed by atoms with Gasteiger partial charge < -0.3 is 9.84 Å². The number of rotatable bonds is 2. The minimum atomic E-state index is -1.95. The van der Waals surface area contributed by atoms with Crippen molar-refractivity contribution in [2.24, 2.45) is 0 Å². The molecule has 8 heteroatoms. The summed E-state index contributed by atoms with van der Waals surface area (Å²) < 4.78 is 57.8. The Hall–Kier alpha value is -2.14. The number of phenols is 1. The summed E-state index contributed by atoms with van der Waals surface area (Å²) in [6.45, 7) is 4.00. The lowest BCUT2D eigenvalue weighted by Gasteiger charge is -2.10. The van der Waals surface area contributed by atoms with E-state index >= 15 is 0 Å². The first-order chi connectivity index (χ1) is 10.8. The van der Waals surface area contributed by atoms with Crippen molar-refractivity contribution in [3.05, 3.63) is 53.1 Å². The Morgan fingerprint density at radius 1 is 0.957 bits per heavy atom. The summed E-state index contributed by atoms with van der Waals surface area (Å²) in [6, 6.07) is 4.56. The minimum Gasteiger partial charge on any atom is -0.508 e. The van der Waals surface area contributed by atoms with Gasteiger partial charge in [-0.1, -0.05) is 23.1 Å². The van der Waals surface area contributed by atoms with Crippen molar-refractivity contribution in [3.63, 3.8) is 0 Å². The Kier molecular flexibility index (Phi) is 6.51. The maximum atomic E-state index is 13.7. The first-order valence-corrected chi connectivity index (χ1v) is 7.03. The van der Waals surface area contributed by atoms with E-state index in [2.05, 4.69) is 4.74 Å². The number of halogens is 4. The molecule has 0 fully saturated rings. The van der Waals surface area contributed by atoms with Crippen molar-refractivity contribution < 1.29 is 32.2 Å². The average Bonchev–Trinajstić information content (AvgIpc) is 2.57. The van der Waals surface area contributed by atoms with Crippen LogP contribution in [-0.2, 0) is 0 Å². The topological polar surface area (TPSA) is 46.5 Å². The van der Waals surface area contributed by atoms with Crippen molar-refractivity contribution in [1.29, 1.82) is 0 Å². The van der Waals surface area contributed by atoms with Crippen molar-refractivity contribution in [1.82, 2.24) is 0 Å². The molecule has 0 bridgehead atoms. The number of aromatic hydroxyl groups is 1. The molecule has 0 aromatic heterocycles. The van der Waals surface area contributed by atoms with Crippen molar-refractivity contribution in [2.75, 3.05) is 0 Å². The van der Waals surface area contributed by atoms with Gasteiger partial charge in [0.25, 0.3) is 0 Å². The van der Waals surface area contributed by atoms with Gasteiger partial charge in [0.1, 0.15) is 5.75 Å². The van der Waals surface area contributed by atoms with E-state index < -0.39 is 40.3 Å². The second-order valence-corrected chi connectivity index (χ2v) is 4.51. The molecule has 1 N–H and O–H groups in total. The highest BCUT2D eigenvalue weighted by atomic mass is 31.0. The van der Waals surface area contributed by atoms with E-state index in [1.807, 2.05) is 13.8 Å². The first kappa shape index (κ1) is 18.9. The average molecular weight is 348 g/mol. The van der Waals surface area contributed by atoms with E-state index in [9.17, 15) is 22.4 Å². The van der Waals surface area contributed by atoms with Crippen molar-refractivity contribution in [2.45, 2.75) is 13.8 Å². The van der Waals surface area contributed by atoms with Gasteiger partial charge in [0.05, 0.1) is 5.56 Å². The number of phenolic OH excluding ortho intramolecular Hbond substituents is 1. The third-order valence-electron chi connectivity index (χ3n) is 2.55. The van der Waals surface area contributed by atoms with Gasteiger partial charge in [0.2, 0.25) is 11.6 Å². The zero-order chi connectivity index (χ0) is 17.7. The molecule has 3 nitrogen and oxygen atoms in total. The smallest absolute Gasteiger partial charge is 0.343 e. The predicted octanol–water partition coefficient (Wildman–Crippen LogP) is 3.69. The quantitative estimate of drug-likeness (QED) is 0.225. The number of esters is 1. The third-order valence-corrected chi connectivity index (χ3v) is 3.06. The fourth-order valence-corrected chi connectivity index (χ4v) is 1.73. The highest BCUT2D eigenvalue weighted by Gasteiger charge is 2.26. The van der Waals surface area contributed by atoms with E-state index in [-0.39, 0.29) is 11.3 Å². The summed E-state index contributed by atoms with van der Waals surface area (Å²) in [4.78, 5) is 11.7. The number of benzene rings is 2. The minimum absolute atomic E-state index is 0.135. The lowest BCUT2D eigenvalue weighted by Crippen LogP contribution is -2.17. The van der Waals surface area contributed by atoms with Gasteiger partial charge in [0.15, 0.2) is 17.5 Å². The normalized spacial score (nSPS) is 9.87. The molecule has 2 aromatic rings. The summed E-state index contributed by atoms with van der Waals surface area (Å²) >= 11 is 0. The second kappa shape index (κ2) is 7.92. The molecular formula is C15H13F4O3P. The van der Waals surface area contributed by atoms with E-state index in [1.165, 1.54) is 0 Å².